The second-order valence-corrected chi connectivity index (χ2v) is 7.34. The van der Waals surface area contributed by atoms with E-state index in [2.05, 4.69) is 10.3 Å². The van der Waals surface area contributed by atoms with Gasteiger partial charge in [0, 0.05) is 16.9 Å². The van der Waals surface area contributed by atoms with E-state index in [4.69, 9.17) is 4.74 Å². The van der Waals surface area contributed by atoms with Crippen molar-refractivity contribution in [2.75, 3.05) is 31.6 Å². The number of rotatable bonds is 10. The Bertz CT molecular complexity index is 917. The lowest BCUT2D eigenvalue weighted by Crippen LogP contribution is -2.37. The molecule has 1 heterocycles. The van der Waals surface area contributed by atoms with Crippen molar-refractivity contribution in [1.82, 2.24) is 9.88 Å². The van der Waals surface area contributed by atoms with Gasteiger partial charge in [0.15, 0.2) is 5.78 Å². The van der Waals surface area contributed by atoms with Gasteiger partial charge in [-0.3, -0.25) is 14.5 Å². The van der Waals surface area contributed by atoms with Crippen LogP contribution in [0.5, 0.6) is 0 Å². The van der Waals surface area contributed by atoms with Crippen LogP contribution in [0.2, 0.25) is 0 Å². The first-order valence-electron chi connectivity index (χ1n) is 10.3. The maximum atomic E-state index is 13.0. The molecule has 0 radical (unpaired) electrons. The van der Waals surface area contributed by atoms with Crippen molar-refractivity contribution < 1.29 is 19.1 Å². The van der Waals surface area contributed by atoms with Crippen LogP contribution in [-0.4, -0.2) is 53.8 Å². The maximum absolute atomic E-state index is 13.0. The highest BCUT2D eigenvalue weighted by Gasteiger charge is 2.24. The summed E-state index contributed by atoms with van der Waals surface area (Å²) in [6.45, 7) is 10.2. The number of H-pyrrole nitrogens is 1. The molecule has 7 heteroatoms. The SMILES string of the molecule is CCCN(CC(=O)Nc1ccccc1C)CC(=O)c1c(C)[nH]c(C(=O)OCC)c1C. The predicted molar refractivity (Wildman–Crippen MR) is 117 cm³/mol. The van der Waals surface area contributed by atoms with Gasteiger partial charge in [-0.2, -0.15) is 0 Å². The number of aromatic nitrogens is 1. The number of para-hydroxylation sites is 1. The number of nitrogens with one attached hydrogen (secondary N) is 2. The molecular weight excluding hydrogens is 382 g/mol. The van der Waals surface area contributed by atoms with Gasteiger partial charge < -0.3 is 15.0 Å². The van der Waals surface area contributed by atoms with E-state index in [1.165, 1.54) is 0 Å². The quantitative estimate of drug-likeness (QED) is 0.458. The lowest BCUT2D eigenvalue weighted by atomic mass is 10.1. The number of esters is 1. The predicted octanol–water partition coefficient (Wildman–Crippen LogP) is 3.65. The molecule has 1 aromatic carbocycles. The van der Waals surface area contributed by atoms with E-state index in [0.29, 0.717) is 29.1 Å². The number of hydrogen-bond acceptors (Lipinski definition) is 5. The van der Waals surface area contributed by atoms with E-state index >= 15 is 0 Å². The van der Waals surface area contributed by atoms with E-state index in [1.54, 1.807) is 20.8 Å². The van der Waals surface area contributed by atoms with Crippen molar-refractivity contribution >= 4 is 23.3 Å². The minimum Gasteiger partial charge on any atom is -0.461 e. The van der Waals surface area contributed by atoms with Crippen LogP contribution < -0.4 is 5.32 Å². The van der Waals surface area contributed by atoms with Crippen LogP contribution >= 0.6 is 0 Å². The molecule has 1 aromatic heterocycles. The fourth-order valence-electron chi connectivity index (χ4n) is 3.49. The van der Waals surface area contributed by atoms with Gasteiger partial charge in [-0.05, 0) is 57.9 Å². The summed E-state index contributed by atoms with van der Waals surface area (Å²) in [6.07, 6.45) is 0.810. The molecule has 2 rings (SSSR count). The molecular formula is C23H31N3O4. The molecule has 0 aliphatic carbocycles. The first-order valence-corrected chi connectivity index (χ1v) is 10.3. The zero-order valence-corrected chi connectivity index (χ0v) is 18.4. The summed E-state index contributed by atoms with van der Waals surface area (Å²) in [4.78, 5) is 42.4. The second kappa shape index (κ2) is 10.7. The standard InChI is InChI=1S/C23H31N3O4/c1-6-12-26(14-20(28)25-18-11-9-8-10-15(18)3)13-19(27)21-16(4)22(24-17(21)5)23(29)30-7-2/h8-11,24H,6-7,12-14H2,1-5H3,(H,25,28). The Kier molecular flexibility index (Phi) is 8.35. The molecule has 0 unspecified atom stereocenters. The molecule has 2 N–H and O–H groups in total. The summed E-state index contributed by atoms with van der Waals surface area (Å²) >= 11 is 0. The summed E-state index contributed by atoms with van der Waals surface area (Å²) in [5, 5.41) is 2.91. The number of nitrogens with zero attached hydrogens (tertiary/aromatic N) is 1. The monoisotopic (exact) mass is 413 g/mol. The average molecular weight is 414 g/mol. The molecule has 0 aliphatic heterocycles. The molecule has 0 saturated carbocycles. The van der Waals surface area contributed by atoms with E-state index in [1.807, 2.05) is 43.0 Å². The van der Waals surface area contributed by atoms with Crippen LogP contribution in [0.4, 0.5) is 5.69 Å². The van der Waals surface area contributed by atoms with E-state index in [0.717, 1.165) is 17.7 Å². The lowest BCUT2D eigenvalue weighted by Gasteiger charge is -2.21. The van der Waals surface area contributed by atoms with Crippen LogP contribution in [0, 0.1) is 20.8 Å². The highest BCUT2D eigenvalue weighted by molar-refractivity contribution is 6.03. The van der Waals surface area contributed by atoms with Crippen LogP contribution in [-0.2, 0) is 9.53 Å². The van der Waals surface area contributed by atoms with Crippen LogP contribution in [0.1, 0.15) is 57.9 Å². The number of ketones is 1. The van der Waals surface area contributed by atoms with Crippen LogP contribution in [0.15, 0.2) is 24.3 Å². The summed E-state index contributed by atoms with van der Waals surface area (Å²) in [5.41, 5.74) is 3.74. The van der Waals surface area contributed by atoms with Gasteiger partial charge >= 0.3 is 5.97 Å². The summed E-state index contributed by atoms with van der Waals surface area (Å²) in [6, 6.07) is 7.57. The second-order valence-electron chi connectivity index (χ2n) is 7.34. The third-order valence-corrected chi connectivity index (χ3v) is 4.89. The van der Waals surface area contributed by atoms with Crippen molar-refractivity contribution in [1.29, 1.82) is 0 Å². The molecule has 0 fully saturated rings. The zero-order chi connectivity index (χ0) is 22.3. The van der Waals surface area contributed by atoms with Gasteiger partial charge in [0.2, 0.25) is 5.91 Å². The van der Waals surface area contributed by atoms with Gasteiger partial charge in [0.05, 0.1) is 19.7 Å². The third kappa shape index (κ3) is 5.79. The van der Waals surface area contributed by atoms with Crippen molar-refractivity contribution in [2.45, 2.75) is 41.0 Å². The highest BCUT2D eigenvalue weighted by atomic mass is 16.5. The van der Waals surface area contributed by atoms with Crippen molar-refractivity contribution in [3.63, 3.8) is 0 Å². The number of Topliss-reactive ketones (excluding diaryl/α,β-unsaturated/α-hetero) is 1. The van der Waals surface area contributed by atoms with E-state index < -0.39 is 5.97 Å². The first-order chi connectivity index (χ1) is 14.3. The van der Waals surface area contributed by atoms with E-state index in [9.17, 15) is 14.4 Å². The van der Waals surface area contributed by atoms with Gasteiger partial charge in [-0.1, -0.05) is 25.1 Å². The third-order valence-electron chi connectivity index (χ3n) is 4.89. The highest BCUT2D eigenvalue weighted by Crippen LogP contribution is 2.20. The Morgan fingerprint density at radius 3 is 2.40 bits per heavy atom. The average Bonchev–Trinajstić information content (AvgIpc) is 2.98. The van der Waals surface area contributed by atoms with Crippen molar-refractivity contribution in [3.05, 3.63) is 52.3 Å². The van der Waals surface area contributed by atoms with Crippen molar-refractivity contribution in [3.8, 4) is 0 Å². The molecule has 30 heavy (non-hydrogen) atoms. The molecule has 0 aliphatic rings. The topological polar surface area (TPSA) is 91.5 Å². The van der Waals surface area contributed by atoms with Gasteiger partial charge in [0.25, 0.3) is 0 Å². The minimum atomic E-state index is -0.472. The van der Waals surface area contributed by atoms with Crippen LogP contribution in [0.3, 0.4) is 0 Å². The van der Waals surface area contributed by atoms with Gasteiger partial charge in [-0.25, -0.2) is 4.79 Å². The Morgan fingerprint density at radius 2 is 1.77 bits per heavy atom. The molecule has 0 spiro atoms. The molecule has 7 nitrogen and oxygen atoms in total. The number of ether oxygens (including phenoxy) is 1. The zero-order valence-electron chi connectivity index (χ0n) is 18.4. The molecule has 0 bridgehead atoms. The smallest absolute Gasteiger partial charge is 0.355 e. The first kappa shape index (κ1) is 23.3. The number of aryl methyl sites for hydroxylation is 2. The summed E-state index contributed by atoms with van der Waals surface area (Å²) in [7, 11) is 0. The Balaban J connectivity index is 2.11. The van der Waals surface area contributed by atoms with Crippen molar-refractivity contribution in [2.24, 2.45) is 0 Å². The largest absolute Gasteiger partial charge is 0.461 e. The molecule has 162 valence electrons. The number of amides is 1. The van der Waals surface area contributed by atoms with Crippen LogP contribution in [0.25, 0.3) is 0 Å². The Morgan fingerprint density at radius 1 is 1.07 bits per heavy atom. The fourth-order valence-corrected chi connectivity index (χ4v) is 3.49. The number of carbonyl (C=O) groups excluding carboxylic acids is 3. The molecule has 1 amide bonds. The lowest BCUT2D eigenvalue weighted by molar-refractivity contribution is -0.117. The normalized spacial score (nSPS) is 10.9. The maximum Gasteiger partial charge on any atom is 0.355 e. The Hall–Kier alpha value is -2.93. The van der Waals surface area contributed by atoms with Gasteiger partial charge in [0.1, 0.15) is 5.69 Å². The summed E-state index contributed by atoms with van der Waals surface area (Å²) in [5.74, 6) is -0.769. The number of hydrogen-bond donors (Lipinski definition) is 2. The molecule has 0 atom stereocenters. The fraction of sp³-hybridized carbons (Fsp3) is 0.435. The van der Waals surface area contributed by atoms with E-state index in [-0.39, 0.29) is 31.4 Å². The number of anilines is 1. The summed E-state index contributed by atoms with van der Waals surface area (Å²) < 4.78 is 5.05. The molecule has 0 saturated heterocycles. The number of aromatic amines is 1. The minimum absolute atomic E-state index is 0.0941. The molecule has 2 aromatic rings. The Labute approximate surface area is 177 Å². The number of carbonyl (C=O) groups is 3. The number of benzene rings is 1. The van der Waals surface area contributed by atoms with Gasteiger partial charge in [-0.15, -0.1) is 0 Å².